The maximum Gasteiger partial charge on any atom is 0.309 e. The summed E-state index contributed by atoms with van der Waals surface area (Å²) in [7, 11) is 0. The Balaban J connectivity index is 2.16. The summed E-state index contributed by atoms with van der Waals surface area (Å²) in [5, 5.41) is 9.09. The third-order valence-electron chi connectivity index (χ3n) is 3.38. The lowest BCUT2D eigenvalue weighted by molar-refractivity contribution is -0.146. The van der Waals surface area contributed by atoms with Crippen molar-refractivity contribution in [3.8, 4) is 0 Å². The zero-order valence-electron chi connectivity index (χ0n) is 9.97. The average molecular weight is 221 g/mol. The SMILES string of the molecule is CC(C)(Cc1cc2c([nH]1)CCCC2)C(=O)O. The minimum atomic E-state index is -0.736. The molecule has 1 aliphatic carbocycles. The van der Waals surface area contributed by atoms with E-state index in [0.717, 1.165) is 18.5 Å². The van der Waals surface area contributed by atoms with Crippen LogP contribution in [0.1, 0.15) is 43.6 Å². The minimum Gasteiger partial charge on any atom is -0.481 e. The topological polar surface area (TPSA) is 53.1 Å². The normalized spacial score (nSPS) is 15.9. The van der Waals surface area contributed by atoms with Crippen molar-refractivity contribution >= 4 is 5.97 Å². The summed E-state index contributed by atoms with van der Waals surface area (Å²) < 4.78 is 0. The van der Waals surface area contributed by atoms with E-state index in [1.807, 2.05) is 0 Å². The van der Waals surface area contributed by atoms with Crippen LogP contribution in [0.25, 0.3) is 0 Å². The molecule has 2 N–H and O–H groups in total. The number of aromatic nitrogens is 1. The molecule has 0 radical (unpaired) electrons. The lowest BCUT2D eigenvalue weighted by Gasteiger charge is -2.17. The van der Waals surface area contributed by atoms with E-state index < -0.39 is 11.4 Å². The van der Waals surface area contributed by atoms with Crippen molar-refractivity contribution in [3.63, 3.8) is 0 Å². The van der Waals surface area contributed by atoms with Crippen molar-refractivity contribution in [2.75, 3.05) is 0 Å². The Morgan fingerprint density at radius 1 is 1.44 bits per heavy atom. The van der Waals surface area contributed by atoms with Crippen molar-refractivity contribution < 1.29 is 9.90 Å². The molecular formula is C13H19NO2. The fraction of sp³-hybridized carbons (Fsp3) is 0.615. The van der Waals surface area contributed by atoms with Crippen molar-refractivity contribution in [3.05, 3.63) is 23.0 Å². The molecule has 0 fully saturated rings. The third-order valence-corrected chi connectivity index (χ3v) is 3.38. The monoisotopic (exact) mass is 221 g/mol. The first-order chi connectivity index (χ1) is 7.49. The number of hydrogen-bond acceptors (Lipinski definition) is 1. The zero-order chi connectivity index (χ0) is 11.8. The summed E-state index contributed by atoms with van der Waals surface area (Å²) in [6, 6.07) is 2.15. The second-order valence-corrected chi connectivity index (χ2v) is 5.37. The first-order valence-electron chi connectivity index (χ1n) is 5.92. The van der Waals surface area contributed by atoms with E-state index in [4.69, 9.17) is 5.11 Å². The van der Waals surface area contributed by atoms with Crippen LogP contribution in [0.2, 0.25) is 0 Å². The van der Waals surface area contributed by atoms with Crippen LogP contribution >= 0.6 is 0 Å². The summed E-state index contributed by atoms with van der Waals surface area (Å²) in [5.41, 5.74) is 3.09. The minimum absolute atomic E-state index is 0.579. The van der Waals surface area contributed by atoms with Gasteiger partial charge in [0.1, 0.15) is 0 Å². The van der Waals surface area contributed by atoms with Crippen LogP contribution in [0, 0.1) is 5.41 Å². The summed E-state index contributed by atoms with van der Waals surface area (Å²) in [5.74, 6) is -0.736. The van der Waals surface area contributed by atoms with E-state index in [1.54, 1.807) is 13.8 Å². The molecular weight excluding hydrogens is 202 g/mol. The molecule has 88 valence electrons. The first-order valence-corrected chi connectivity index (χ1v) is 5.92. The molecule has 0 atom stereocenters. The van der Waals surface area contributed by atoms with Gasteiger partial charge in [0, 0.05) is 17.8 Å². The van der Waals surface area contributed by atoms with Gasteiger partial charge in [-0.2, -0.15) is 0 Å². The summed E-state index contributed by atoms with van der Waals surface area (Å²) >= 11 is 0. The van der Waals surface area contributed by atoms with Gasteiger partial charge in [-0.3, -0.25) is 4.79 Å². The quantitative estimate of drug-likeness (QED) is 0.824. The van der Waals surface area contributed by atoms with Gasteiger partial charge in [0.2, 0.25) is 0 Å². The van der Waals surface area contributed by atoms with Crippen LogP contribution < -0.4 is 0 Å². The van der Waals surface area contributed by atoms with Gasteiger partial charge in [-0.15, -0.1) is 0 Å². The number of aliphatic carboxylic acids is 1. The largest absolute Gasteiger partial charge is 0.481 e. The number of carboxylic acid groups (broad SMARTS) is 1. The van der Waals surface area contributed by atoms with Crippen molar-refractivity contribution in [1.29, 1.82) is 0 Å². The highest BCUT2D eigenvalue weighted by molar-refractivity contribution is 5.73. The fourth-order valence-electron chi connectivity index (χ4n) is 2.32. The van der Waals surface area contributed by atoms with Crippen LogP contribution in [0.4, 0.5) is 0 Å². The molecule has 1 aromatic heterocycles. The Bertz CT molecular complexity index is 381. The maximum absolute atomic E-state index is 11.1. The van der Waals surface area contributed by atoms with Gasteiger partial charge >= 0.3 is 5.97 Å². The van der Waals surface area contributed by atoms with Crippen LogP contribution in [-0.2, 0) is 24.1 Å². The van der Waals surface area contributed by atoms with Gasteiger partial charge in [0.05, 0.1) is 5.41 Å². The van der Waals surface area contributed by atoms with Crippen LogP contribution in [0.15, 0.2) is 6.07 Å². The van der Waals surface area contributed by atoms with E-state index in [1.165, 1.54) is 24.1 Å². The molecule has 0 aliphatic heterocycles. The summed E-state index contributed by atoms with van der Waals surface area (Å²) in [6.07, 6.45) is 5.33. The second-order valence-electron chi connectivity index (χ2n) is 5.37. The number of H-pyrrole nitrogens is 1. The van der Waals surface area contributed by atoms with E-state index >= 15 is 0 Å². The number of carboxylic acids is 1. The predicted molar refractivity (Wildman–Crippen MR) is 62.6 cm³/mol. The maximum atomic E-state index is 11.1. The molecule has 3 nitrogen and oxygen atoms in total. The molecule has 0 spiro atoms. The second kappa shape index (κ2) is 3.96. The zero-order valence-corrected chi connectivity index (χ0v) is 9.97. The molecule has 1 heterocycles. The molecule has 0 amide bonds. The van der Waals surface area contributed by atoms with Crippen molar-refractivity contribution in [2.24, 2.45) is 5.41 Å². The summed E-state index contributed by atoms with van der Waals surface area (Å²) in [4.78, 5) is 14.4. The summed E-state index contributed by atoms with van der Waals surface area (Å²) in [6.45, 7) is 3.55. The Hall–Kier alpha value is -1.25. The highest BCUT2D eigenvalue weighted by Crippen LogP contribution is 2.26. The number of rotatable bonds is 3. The molecule has 0 bridgehead atoms. The lowest BCUT2D eigenvalue weighted by atomic mass is 9.88. The molecule has 0 aromatic carbocycles. The number of nitrogens with one attached hydrogen (secondary N) is 1. The smallest absolute Gasteiger partial charge is 0.309 e. The van der Waals surface area contributed by atoms with Crippen molar-refractivity contribution in [1.82, 2.24) is 4.98 Å². The van der Waals surface area contributed by atoms with E-state index in [0.29, 0.717) is 6.42 Å². The van der Waals surface area contributed by atoms with Crippen LogP contribution in [-0.4, -0.2) is 16.1 Å². The Labute approximate surface area is 95.9 Å². The Morgan fingerprint density at radius 3 is 2.75 bits per heavy atom. The highest BCUT2D eigenvalue weighted by atomic mass is 16.4. The van der Waals surface area contributed by atoms with Crippen molar-refractivity contribution in [2.45, 2.75) is 46.0 Å². The third kappa shape index (κ3) is 2.13. The van der Waals surface area contributed by atoms with E-state index in [2.05, 4.69) is 11.1 Å². The first kappa shape index (κ1) is 11.2. The van der Waals surface area contributed by atoms with Gasteiger partial charge < -0.3 is 10.1 Å². The highest BCUT2D eigenvalue weighted by Gasteiger charge is 2.28. The predicted octanol–water partition coefficient (Wildman–Crippen LogP) is 2.55. The number of fused-ring (bicyclic) bond motifs is 1. The Morgan fingerprint density at radius 2 is 2.12 bits per heavy atom. The standard InChI is InChI=1S/C13H19NO2/c1-13(2,12(15)16)8-10-7-9-5-3-4-6-11(9)14-10/h7,14H,3-6,8H2,1-2H3,(H,15,16). The van der Waals surface area contributed by atoms with Crippen LogP contribution in [0.3, 0.4) is 0 Å². The number of hydrogen-bond donors (Lipinski definition) is 2. The van der Waals surface area contributed by atoms with E-state index in [9.17, 15) is 4.79 Å². The number of carbonyl (C=O) groups is 1. The van der Waals surface area contributed by atoms with Gasteiger partial charge in [-0.25, -0.2) is 0 Å². The molecule has 1 aliphatic rings. The average Bonchev–Trinajstić information content (AvgIpc) is 2.58. The Kier molecular flexibility index (Phi) is 2.78. The van der Waals surface area contributed by atoms with Crippen LogP contribution in [0.5, 0.6) is 0 Å². The van der Waals surface area contributed by atoms with Gasteiger partial charge in [-0.1, -0.05) is 0 Å². The molecule has 0 saturated carbocycles. The van der Waals surface area contributed by atoms with Gasteiger partial charge in [0.15, 0.2) is 0 Å². The molecule has 16 heavy (non-hydrogen) atoms. The van der Waals surface area contributed by atoms with E-state index in [-0.39, 0.29) is 0 Å². The van der Waals surface area contributed by atoms with Gasteiger partial charge in [-0.05, 0) is 51.2 Å². The van der Waals surface area contributed by atoms with Gasteiger partial charge in [0.25, 0.3) is 0 Å². The number of aryl methyl sites for hydroxylation is 2. The molecule has 0 unspecified atom stereocenters. The molecule has 3 heteroatoms. The number of aromatic amines is 1. The molecule has 0 saturated heterocycles. The lowest BCUT2D eigenvalue weighted by Crippen LogP contribution is -2.26. The molecule has 2 rings (SSSR count). The fourth-order valence-corrected chi connectivity index (χ4v) is 2.32. The molecule has 1 aromatic rings.